The minimum absolute atomic E-state index is 1.07. The van der Waals surface area contributed by atoms with Crippen LogP contribution in [0.4, 0.5) is 51.2 Å². The molecule has 1 radical (unpaired) electrons. The van der Waals surface area contributed by atoms with Crippen molar-refractivity contribution in [3.8, 4) is 0 Å². The van der Waals surface area contributed by atoms with Crippen molar-refractivity contribution in [2.24, 2.45) is 0 Å². The van der Waals surface area contributed by atoms with Crippen molar-refractivity contribution < 1.29 is 0 Å². The fourth-order valence-corrected chi connectivity index (χ4v) is 5.68. The molecule has 7 rings (SSSR count). The van der Waals surface area contributed by atoms with Crippen LogP contribution in [0.3, 0.4) is 0 Å². The molecule has 0 aliphatic carbocycles. The van der Waals surface area contributed by atoms with Gasteiger partial charge in [-0.3, -0.25) is 0 Å². The molecule has 3 heteroatoms. The summed E-state index contributed by atoms with van der Waals surface area (Å²) in [6, 6.07) is 70.8. The van der Waals surface area contributed by atoms with Crippen molar-refractivity contribution >= 4 is 51.2 Å². The van der Waals surface area contributed by atoms with E-state index in [4.69, 9.17) is 0 Å². The van der Waals surface area contributed by atoms with Gasteiger partial charge in [-0.2, -0.15) is 0 Å². The summed E-state index contributed by atoms with van der Waals surface area (Å²) in [7, 11) is 0. The number of hydrogen-bond acceptors (Lipinski definition) is 3. The largest absolute Gasteiger partial charge is 0.311 e. The molecular formula is C42H32N3. The summed E-state index contributed by atoms with van der Waals surface area (Å²) in [5.74, 6) is 0. The molecule has 0 spiro atoms. The maximum atomic E-state index is 3.17. The van der Waals surface area contributed by atoms with Crippen LogP contribution >= 0.6 is 0 Å². The topological polar surface area (TPSA) is 9.72 Å². The lowest BCUT2D eigenvalue weighted by Gasteiger charge is -2.29. The molecule has 0 saturated heterocycles. The van der Waals surface area contributed by atoms with Crippen LogP contribution in [-0.4, -0.2) is 0 Å². The second-order valence-corrected chi connectivity index (χ2v) is 10.6. The van der Waals surface area contributed by atoms with Gasteiger partial charge in [-0.1, -0.05) is 84.9 Å². The van der Waals surface area contributed by atoms with E-state index in [1.807, 2.05) is 12.1 Å². The van der Waals surface area contributed by atoms with Crippen molar-refractivity contribution in [3.63, 3.8) is 0 Å². The van der Waals surface area contributed by atoms with Crippen LogP contribution in [0.1, 0.15) is 0 Å². The second kappa shape index (κ2) is 13.1. The Hall–Kier alpha value is -6.06. The van der Waals surface area contributed by atoms with Gasteiger partial charge in [0.05, 0.1) is 0 Å². The molecule has 0 N–H and O–H groups in total. The molecule has 0 heterocycles. The third-order valence-corrected chi connectivity index (χ3v) is 7.75. The quantitative estimate of drug-likeness (QED) is 0.169. The average molecular weight is 579 g/mol. The normalized spacial score (nSPS) is 10.7. The highest BCUT2D eigenvalue weighted by Crippen LogP contribution is 2.40. The first kappa shape index (κ1) is 27.8. The summed E-state index contributed by atoms with van der Waals surface area (Å²) in [5, 5.41) is 0. The molecule has 0 fully saturated rings. The third kappa shape index (κ3) is 6.06. The van der Waals surface area contributed by atoms with Crippen LogP contribution in [0.5, 0.6) is 0 Å². The first-order chi connectivity index (χ1) is 22.3. The molecule has 215 valence electrons. The first-order valence-corrected chi connectivity index (χ1v) is 15.1. The lowest BCUT2D eigenvalue weighted by Crippen LogP contribution is -2.13. The molecule has 0 amide bonds. The zero-order chi connectivity index (χ0) is 30.3. The van der Waals surface area contributed by atoms with E-state index in [2.05, 4.69) is 203 Å². The molecule has 7 aromatic rings. The Morgan fingerprint density at radius 3 is 0.667 bits per heavy atom. The van der Waals surface area contributed by atoms with Gasteiger partial charge in [0, 0.05) is 51.2 Å². The summed E-state index contributed by atoms with van der Waals surface area (Å²) >= 11 is 0. The minimum Gasteiger partial charge on any atom is -0.311 e. The highest BCUT2D eigenvalue weighted by Gasteiger charge is 2.17. The van der Waals surface area contributed by atoms with Crippen LogP contribution in [0.25, 0.3) is 0 Å². The van der Waals surface area contributed by atoms with Crippen LogP contribution in [0.15, 0.2) is 194 Å². The maximum absolute atomic E-state index is 3.17. The molecule has 0 aromatic heterocycles. The number of anilines is 9. The molecule has 0 unspecified atom stereocenters. The Kier molecular flexibility index (Phi) is 8.06. The van der Waals surface area contributed by atoms with Gasteiger partial charge in [-0.25, -0.2) is 0 Å². The summed E-state index contributed by atoms with van der Waals surface area (Å²) in [6.45, 7) is 0. The van der Waals surface area contributed by atoms with Crippen LogP contribution in [-0.2, 0) is 0 Å². The van der Waals surface area contributed by atoms with E-state index in [-0.39, 0.29) is 0 Å². The Morgan fingerprint density at radius 2 is 0.422 bits per heavy atom. The Labute approximate surface area is 265 Å². The van der Waals surface area contributed by atoms with Crippen molar-refractivity contribution in [3.05, 3.63) is 200 Å². The number of benzene rings is 7. The number of hydrogen-bond donors (Lipinski definition) is 0. The number of rotatable bonds is 9. The van der Waals surface area contributed by atoms with E-state index < -0.39 is 0 Å². The number of nitrogens with zero attached hydrogens (tertiary/aromatic N) is 3. The van der Waals surface area contributed by atoms with E-state index in [9.17, 15) is 0 Å². The highest BCUT2D eigenvalue weighted by molar-refractivity contribution is 5.83. The summed E-state index contributed by atoms with van der Waals surface area (Å²) in [5.41, 5.74) is 9.85. The number of para-hydroxylation sites is 4. The zero-order valence-electron chi connectivity index (χ0n) is 24.8. The predicted molar refractivity (Wildman–Crippen MR) is 189 cm³/mol. The van der Waals surface area contributed by atoms with Gasteiger partial charge in [0.15, 0.2) is 0 Å². The van der Waals surface area contributed by atoms with Crippen molar-refractivity contribution in [1.82, 2.24) is 0 Å². The lowest BCUT2D eigenvalue weighted by molar-refractivity contribution is 1.24. The highest BCUT2D eigenvalue weighted by atomic mass is 15.2. The van der Waals surface area contributed by atoms with Gasteiger partial charge < -0.3 is 14.7 Å². The van der Waals surface area contributed by atoms with Gasteiger partial charge in [-0.05, 0) is 115 Å². The van der Waals surface area contributed by atoms with E-state index >= 15 is 0 Å². The molecule has 0 aliphatic rings. The smallest absolute Gasteiger partial charge is 0.0463 e. The van der Waals surface area contributed by atoms with Crippen molar-refractivity contribution in [2.45, 2.75) is 0 Å². The molecule has 3 nitrogen and oxygen atoms in total. The lowest BCUT2D eigenvalue weighted by atomic mass is 10.1. The average Bonchev–Trinajstić information content (AvgIpc) is 3.12. The van der Waals surface area contributed by atoms with Gasteiger partial charge in [0.2, 0.25) is 0 Å². The molecule has 0 saturated carbocycles. The Balaban J connectivity index is 1.26. The molecule has 7 aromatic carbocycles. The van der Waals surface area contributed by atoms with Gasteiger partial charge in [-0.15, -0.1) is 0 Å². The fourth-order valence-electron chi connectivity index (χ4n) is 5.68. The first-order valence-electron chi connectivity index (χ1n) is 15.1. The summed E-state index contributed by atoms with van der Waals surface area (Å²) < 4.78 is 0. The van der Waals surface area contributed by atoms with Crippen LogP contribution in [0.2, 0.25) is 0 Å². The van der Waals surface area contributed by atoms with Gasteiger partial charge in [0.25, 0.3) is 0 Å². The second-order valence-electron chi connectivity index (χ2n) is 10.6. The molecule has 0 bridgehead atoms. The summed E-state index contributed by atoms with van der Waals surface area (Å²) in [4.78, 5) is 6.84. The summed E-state index contributed by atoms with van der Waals surface area (Å²) in [6.07, 6.45) is 0. The standard InChI is InChI=1S/C42H32N3/c1-6-16-34(17-7-1)43(35-18-8-2-9-19-35)39-26-30-41(31-27-39)45(38-24-14-5-15-25-38)42-32-28-40(29-33-42)44(36-20-10-3-11-21-36)37-22-12-4-13-23-37/h1-4,6-33H. The van der Waals surface area contributed by atoms with Crippen LogP contribution in [0, 0.1) is 6.07 Å². The van der Waals surface area contributed by atoms with Gasteiger partial charge in [0.1, 0.15) is 0 Å². The molecule has 0 atom stereocenters. The SMILES string of the molecule is [c]1ccc(N(c2ccc(N(c3ccccc3)c3ccccc3)cc2)c2ccc(N(c3ccccc3)c3ccccc3)cc2)cc1. The fraction of sp³-hybridized carbons (Fsp3) is 0. The van der Waals surface area contributed by atoms with Crippen molar-refractivity contribution in [1.29, 1.82) is 0 Å². The Bertz CT molecular complexity index is 1700. The van der Waals surface area contributed by atoms with Crippen LogP contribution < -0.4 is 14.7 Å². The predicted octanol–water partition coefficient (Wildman–Crippen LogP) is 11.9. The van der Waals surface area contributed by atoms with Crippen molar-refractivity contribution in [2.75, 3.05) is 14.7 Å². The monoisotopic (exact) mass is 578 g/mol. The van der Waals surface area contributed by atoms with E-state index in [1.165, 1.54) is 0 Å². The Morgan fingerprint density at radius 1 is 0.222 bits per heavy atom. The van der Waals surface area contributed by atoms with E-state index in [0.29, 0.717) is 0 Å². The minimum atomic E-state index is 1.07. The third-order valence-electron chi connectivity index (χ3n) is 7.75. The van der Waals surface area contributed by atoms with E-state index in [0.717, 1.165) is 51.2 Å². The zero-order valence-corrected chi connectivity index (χ0v) is 24.8. The molecular weight excluding hydrogens is 546 g/mol. The molecule has 0 aliphatic heterocycles. The maximum Gasteiger partial charge on any atom is 0.0463 e. The molecule has 45 heavy (non-hydrogen) atoms. The van der Waals surface area contributed by atoms with E-state index in [1.54, 1.807) is 0 Å². The van der Waals surface area contributed by atoms with Gasteiger partial charge >= 0.3 is 0 Å².